The molecule has 0 bridgehead atoms. The minimum Gasteiger partial charge on any atom is -0.379 e. The van der Waals surface area contributed by atoms with Crippen LogP contribution in [0.3, 0.4) is 0 Å². The van der Waals surface area contributed by atoms with Gasteiger partial charge in [0.15, 0.2) is 0 Å². The second kappa shape index (κ2) is 9.01. The molecule has 10 heteroatoms. The van der Waals surface area contributed by atoms with Crippen LogP contribution in [0.5, 0.6) is 0 Å². The van der Waals surface area contributed by atoms with Crippen molar-refractivity contribution in [1.82, 2.24) is 9.62 Å². The van der Waals surface area contributed by atoms with Gasteiger partial charge in [-0.25, -0.2) is 13.1 Å². The quantitative estimate of drug-likeness (QED) is 0.732. The summed E-state index contributed by atoms with van der Waals surface area (Å²) in [6, 6.07) is 10.7. The van der Waals surface area contributed by atoms with Gasteiger partial charge in [0, 0.05) is 24.7 Å². The average molecular weight is 449 g/mol. The third-order valence-corrected chi connectivity index (χ3v) is 6.35. The van der Waals surface area contributed by atoms with Crippen LogP contribution >= 0.6 is 11.6 Å². The highest BCUT2D eigenvalue weighted by atomic mass is 35.5. The van der Waals surface area contributed by atoms with Gasteiger partial charge < -0.3 is 4.74 Å². The molecular formula is C19H20ClF3N2O3S. The fourth-order valence-corrected chi connectivity index (χ4v) is 4.74. The molecule has 2 aromatic carbocycles. The van der Waals surface area contributed by atoms with E-state index in [-0.39, 0.29) is 5.02 Å². The van der Waals surface area contributed by atoms with Crippen molar-refractivity contribution in [1.29, 1.82) is 0 Å². The third kappa shape index (κ3) is 5.70. The molecule has 1 N–H and O–H groups in total. The summed E-state index contributed by atoms with van der Waals surface area (Å²) in [5.74, 6) is 0. The van der Waals surface area contributed by atoms with Gasteiger partial charge in [0.25, 0.3) is 0 Å². The maximum Gasteiger partial charge on any atom is 0.417 e. The highest BCUT2D eigenvalue weighted by Crippen LogP contribution is 2.36. The maximum atomic E-state index is 13.4. The summed E-state index contributed by atoms with van der Waals surface area (Å²) >= 11 is 5.67. The van der Waals surface area contributed by atoms with Crippen molar-refractivity contribution in [2.24, 2.45) is 0 Å². The van der Waals surface area contributed by atoms with E-state index >= 15 is 0 Å². The number of hydrogen-bond donors (Lipinski definition) is 1. The Bertz CT molecular complexity index is 933. The van der Waals surface area contributed by atoms with Crippen molar-refractivity contribution in [3.05, 3.63) is 64.7 Å². The molecule has 0 spiro atoms. The van der Waals surface area contributed by atoms with Gasteiger partial charge in [-0.3, -0.25) is 4.90 Å². The molecule has 1 aliphatic heterocycles. The first kappa shape index (κ1) is 22.0. The number of rotatable bonds is 6. The second-order valence-corrected chi connectivity index (χ2v) is 8.75. The Morgan fingerprint density at radius 3 is 2.38 bits per heavy atom. The fourth-order valence-electron chi connectivity index (χ4n) is 3.15. The summed E-state index contributed by atoms with van der Waals surface area (Å²) < 4.78 is 73.9. The van der Waals surface area contributed by atoms with Gasteiger partial charge in [0.05, 0.1) is 29.7 Å². The zero-order valence-electron chi connectivity index (χ0n) is 15.3. The summed E-state index contributed by atoms with van der Waals surface area (Å²) in [5, 5.41) is -0.191. The number of benzene rings is 2. The van der Waals surface area contributed by atoms with Crippen molar-refractivity contribution in [2.75, 3.05) is 32.8 Å². The molecule has 1 heterocycles. The minimum atomic E-state index is -4.86. The lowest BCUT2D eigenvalue weighted by molar-refractivity contribution is -0.139. The molecule has 1 aliphatic rings. The fraction of sp³-hybridized carbons (Fsp3) is 0.368. The lowest BCUT2D eigenvalue weighted by Gasteiger charge is -2.31. The van der Waals surface area contributed by atoms with Crippen LogP contribution in [0.25, 0.3) is 0 Å². The van der Waals surface area contributed by atoms with E-state index in [0.717, 1.165) is 12.1 Å². The molecule has 0 aromatic heterocycles. The topological polar surface area (TPSA) is 58.6 Å². The Morgan fingerprint density at radius 1 is 1.10 bits per heavy atom. The van der Waals surface area contributed by atoms with Crippen molar-refractivity contribution < 1.29 is 26.3 Å². The molecule has 2 aromatic rings. The van der Waals surface area contributed by atoms with Gasteiger partial charge in [-0.05, 0) is 23.8 Å². The summed E-state index contributed by atoms with van der Waals surface area (Å²) in [6.07, 6.45) is -4.86. The number of nitrogens with one attached hydrogen (secondary N) is 1. The summed E-state index contributed by atoms with van der Waals surface area (Å²) in [5.41, 5.74) is -0.638. The predicted octanol–water partition coefficient (Wildman–Crippen LogP) is 3.71. The van der Waals surface area contributed by atoms with Crippen LogP contribution in [0.1, 0.15) is 17.2 Å². The molecule has 158 valence electrons. The van der Waals surface area contributed by atoms with E-state index < -0.39 is 32.7 Å². The molecule has 29 heavy (non-hydrogen) atoms. The molecule has 1 fully saturated rings. The number of morpholine rings is 1. The molecule has 0 amide bonds. The van der Waals surface area contributed by atoms with Crippen molar-refractivity contribution >= 4 is 21.6 Å². The molecule has 0 aliphatic carbocycles. The van der Waals surface area contributed by atoms with Crippen molar-refractivity contribution in [3.8, 4) is 0 Å². The lowest BCUT2D eigenvalue weighted by atomic mass is 10.1. The first-order valence-corrected chi connectivity index (χ1v) is 10.8. The zero-order chi connectivity index (χ0) is 21.1. The maximum absolute atomic E-state index is 13.4. The van der Waals surface area contributed by atoms with E-state index in [1.165, 1.54) is 0 Å². The summed E-state index contributed by atoms with van der Waals surface area (Å²) in [7, 11) is -4.48. The van der Waals surface area contributed by atoms with Crippen LogP contribution in [0, 0.1) is 0 Å². The highest BCUT2D eigenvalue weighted by Gasteiger charge is 2.38. The Morgan fingerprint density at radius 2 is 1.76 bits per heavy atom. The molecule has 3 rings (SSSR count). The number of alkyl halides is 3. The molecular weight excluding hydrogens is 429 g/mol. The molecule has 0 radical (unpaired) electrons. The minimum absolute atomic E-state index is 0.191. The van der Waals surface area contributed by atoms with Gasteiger partial charge in [-0.15, -0.1) is 0 Å². The summed E-state index contributed by atoms with van der Waals surface area (Å²) in [4.78, 5) is 1.16. The van der Waals surface area contributed by atoms with Crippen LogP contribution < -0.4 is 4.72 Å². The van der Waals surface area contributed by atoms with Gasteiger partial charge in [-0.2, -0.15) is 13.2 Å². The number of nitrogens with zero attached hydrogens (tertiary/aromatic N) is 1. The van der Waals surface area contributed by atoms with E-state index in [9.17, 15) is 21.6 Å². The second-order valence-electron chi connectivity index (χ2n) is 6.64. The van der Waals surface area contributed by atoms with Crippen molar-refractivity contribution in [3.63, 3.8) is 0 Å². The first-order chi connectivity index (χ1) is 13.7. The van der Waals surface area contributed by atoms with E-state index in [4.69, 9.17) is 16.3 Å². The number of hydrogen-bond acceptors (Lipinski definition) is 4. The predicted molar refractivity (Wildman–Crippen MR) is 103 cm³/mol. The normalized spacial score (nSPS) is 17.2. The van der Waals surface area contributed by atoms with Crippen LogP contribution in [0.2, 0.25) is 5.02 Å². The molecule has 1 saturated heterocycles. The highest BCUT2D eigenvalue weighted by molar-refractivity contribution is 7.89. The largest absolute Gasteiger partial charge is 0.417 e. The Kier molecular flexibility index (Phi) is 6.85. The Labute approximate surface area is 172 Å². The smallest absolute Gasteiger partial charge is 0.379 e. The monoisotopic (exact) mass is 448 g/mol. The van der Waals surface area contributed by atoms with Gasteiger partial charge >= 0.3 is 6.18 Å². The van der Waals surface area contributed by atoms with Crippen molar-refractivity contribution in [2.45, 2.75) is 17.1 Å². The first-order valence-electron chi connectivity index (χ1n) is 8.91. The van der Waals surface area contributed by atoms with Crippen LogP contribution in [-0.4, -0.2) is 46.2 Å². The molecule has 1 atom stereocenters. The van der Waals surface area contributed by atoms with E-state index in [1.54, 1.807) is 30.3 Å². The van der Waals surface area contributed by atoms with E-state index in [1.807, 2.05) is 4.90 Å². The third-order valence-electron chi connectivity index (χ3n) is 4.58. The SMILES string of the molecule is O=S(=O)(NC(CN1CCOCC1)c1ccccc1)c1ccc(Cl)cc1C(F)(F)F. The molecule has 5 nitrogen and oxygen atoms in total. The lowest BCUT2D eigenvalue weighted by Crippen LogP contribution is -2.43. The van der Waals surface area contributed by atoms with Crippen LogP contribution in [0.4, 0.5) is 13.2 Å². The number of sulfonamides is 1. The standard InChI is InChI=1S/C19H20ClF3N2O3S/c20-15-6-7-18(16(12-15)19(21,22)23)29(26,27)24-17(14-4-2-1-3-5-14)13-25-8-10-28-11-9-25/h1-7,12,17,24H,8-11,13H2. The number of ether oxygens (including phenoxy) is 1. The zero-order valence-corrected chi connectivity index (χ0v) is 16.9. The van der Waals surface area contributed by atoms with Crippen LogP contribution in [-0.2, 0) is 20.9 Å². The molecule has 1 unspecified atom stereocenters. The van der Waals surface area contributed by atoms with Gasteiger partial charge in [-0.1, -0.05) is 41.9 Å². The Balaban J connectivity index is 1.94. The van der Waals surface area contributed by atoms with Gasteiger partial charge in [0.1, 0.15) is 0 Å². The average Bonchev–Trinajstić information content (AvgIpc) is 2.68. The summed E-state index contributed by atoms with van der Waals surface area (Å²) in [6.45, 7) is 2.56. The molecule has 0 saturated carbocycles. The van der Waals surface area contributed by atoms with Gasteiger partial charge in [0.2, 0.25) is 10.0 Å². The Hall–Kier alpha value is -1.65. The van der Waals surface area contributed by atoms with E-state index in [0.29, 0.717) is 44.5 Å². The van der Waals surface area contributed by atoms with Crippen LogP contribution in [0.15, 0.2) is 53.4 Å². The number of halogens is 4. The van der Waals surface area contributed by atoms with E-state index in [2.05, 4.69) is 4.72 Å².